The first-order valence-corrected chi connectivity index (χ1v) is 5.79. The Morgan fingerprint density at radius 3 is 2.60 bits per heavy atom. The van der Waals surface area contributed by atoms with Gasteiger partial charge in [0, 0.05) is 32.4 Å². The molecule has 0 bridgehead atoms. The largest absolute Gasteiger partial charge is 0.404 e. The molecule has 1 fully saturated rings. The molecule has 0 radical (unpaired) electrons. The number of nitrogens with two attached hydrogens (primary N) is 1. The quantitative estimate of drug-likeness (QED) is 0.771. The lowest BCUT2D eigenvalue weighted by Crippen LogP contribution is -2.38. The second-order valence-electron chi connectivity index (χ2n) is 3.57. The van der Waals surface area contributed by atoms with Gasteiger partial charge in [0.2, 0.25) is 5.91 Å². The van der Waals surface area contributed by atoms with Crippen LogP contribution in [0.15, 0.2) is 15.7 Å². The maximum Gasteiger partial charge on any atom is 0.219 e. The lowest BCUT2D eigenvalue weighted by molar-refractivity contribution is -0.129. The number of hydrogen-bond donors (Lipinski definition) is 1. The van der Waals surface area contributed by atoms with E-state index in [2.05, 4.69) is 20.9 Å². The van der Waals surface area contributed by atoms with Crippen molar-refractivity contribution in [1.29, 1.82) is 0 Å². The molecule has 2 N–H and O–H groups in total. The normalized spacial score (nSPS) is 19.9. The van der Waals surface area contributed by atoms with E-state index in [9.17, 15) is 4.79 Å². The molecule has 0 aromatic rings. The van der Waals surface area contributed by atoms with Crippen LogP contribution in [-0.2, 0) is 4.79 Å². The Labute approximate surface area is 98.4 Å². The smallest absolute Gasteiger partial charge is 0.219 e. The Morgan fingerprint density at radius 2 is 2.13 bits per heavy atom. The summed E-state index contributed by atoms with van der Waals surface area (Å²) < 4.78 is 0.788. The van der Waals surface area contributed by atoms with Gasteiger partial charge in [-0.25, -0.2) is 0 Å². The van der Waals surface area contributed by atoms with Gasteiger partial charge in [0.05, 0.1) is 10.5 Å². The van der Waals surface area contributed by atoms with Gasteiger partial charge in [-0.05, 0) is 28.8 Å². The molecule has 5 heteroatoms. The van der Waals surface area contributed by atoms with E-state index in [1.54, 1.807) is 13.1 Å². The second-order valence-corrected chi connectivity index (χ2v) is 4.48. The van der Waals surface area contributed by atoms with Gasteiger partial charge in [0.25, 0.3) is 0 Å². The summed E-state index contributed by atoms with van der Waals surface area (Å²) in [7, 11) is 0. The fourth-order valence-electron chi connectivity index (χ4n) is 1.55. The Bertz CT molecular complexity index is 280. The van der Waals surface area contributed by atoms with Gasteiger partial charge in [-0.2, -0.15) is 0 Å². The summed E-state index contributed by atoms with van der Waals surface area (Å²) in [6, 6.07) is 0.313. The molecule has 1 aliphatic heterocycles. The third kappa shape index (κ3) is 4.03. The van der Waals surface area contributed by atoms with Crippen LogP contribution in [0.2, 0.25) is 0 Å². The Kier molecular flexibility index (Phi) is 4.81. The molecule has 84 valence electrons. The molecule has 15 heavy (non-hydrogen) atoms. The maximum atomic E-state index is 11.1. The molecule has 0 unspecified atom stereocenters. The van der Waals surface area contributed by atoms with Gasteiger partial charge in [-0.15, -0.1) is 0 Å². The summed E-state index contributed by atoms with van der Waals surface area (Å²) in [6.45, 7) is 3.22. The van der Waals surface area contributed by atoms with Crippen LogP contribution >= 0.6 is 15.9 Å². The van der Waals surface area contributed by atoms with Gasteiger partial charge in [0.15, 0.2) is 0 Å². The Morgan fingerprint density at radius 1 is 1.53 bits per heavy atom. The van der Waals surface area contributed by atoms with Crippen LogP contribution in [0.1, 0.15) is 19.8 Å². The summed E-state index contributed by atoms with van der Waals surface area (Å²) in [6.07, 6.45) is 5.06. The van der Waals surface area contributed by atoms with E-state index in [-0.39, 0.29) is 5.91 Å². The van der Waals surface area contributed by atoms with Crippen molar-refractivity contribution in [2.45, 2.75) is 25.8 Å². The SMILES string of the molecule is CC(=O)N1CCC(N=C/C(Br)=C\N)CC1. The predicted octanol–water partition coefficient (Wildman–Crippen LogP) is 1.26. The molecule has 1 heterocycles. The van der Waals surface area contributed by atoms with Crippen molar-refractivity contribution in [2.75, 3.05) is 13.1 Å². The number of allylic oxidation sites excluding steroid dienone is 1. The monoisotopic (exact) mass is 273 g/mol. The molecule has 1 rings (SSSR count). The summed E-state index contributed by atoms with van der Waals surface area (Å²) >= 11 is 3.26. The molecule has 0 saturated carbocycles. The molecule has 4 nitrogen and oxygen atoms in total. The number of amides is 1. The van der Waals surface area contributed by atoms with E-state index in [0.29, 0.717) is 6.04 Å². The first-order valence-electron chi connectivity index (χ1n) is 4.99. The number of nitrogens with zero attached hydrogens (tertiary/aromatic N) is 2. The molecule has 1 amide bonds. The minimum Gasteiger partial charge on any atom is -0.404 e. The van der Waals surface area contributed by atoms with Crippen molar-refractivity contribution in [2.24, 2.45) is 10.7 Å². The predicted molar refractivity (Wildman–Crippen MR) is 65.0 cm³/mol. The van der Waals surface area contributed by atoms with Gasteiger partial charge in [-0.3, -0.25) is 9.79 Å². The van der Waals surface area contributed by atoms with Crippen LogP contribution in [0.4, 0.5) is 0 Å². The van der Waals surface area contributed by atoms with Gasteiger partial charge in [0.1, 0.15) is 0 Å². The third-order valence-corrected chi connectivity index (χ3v) is 2.95. The van der Waals surface area contributed by atoms with Crippen LogP contribution in [0.3, 0.4) is 0 Å². The lowest BCUT2D eigenvalue weighted by Gasteiger charge is -2.29. The summed E-state index contributed by atoms with van der Waals surface area (Å²) in [5.41, 5.74) is 5.30. The molecule has 0 aromatic carbocycles. The maximum absolute atomic E-state index is 11.1. The topological polar surface area (TPSA) is 58.7 Å². The minimum atomic E-state index is 0.153. The molecule has 0 aliphatic carbocycles. The molecule has 0 spiro atoms. The highest BCUT2D eigenvalue weighted by atomic mass is 79.9. The highest BCUT2D eigenvalue weighted by Crippen LogP contribution is 2.14. The van der Waals surface area contributed by atoms with Gasteiger partial charge >= 0.3 is 0 Å². The van der Waals surface area contributed by atoms with Crippen LogP contribution in [0.25, 0.3) is 0 Å². The van der Waals surface area contributed by atoms with Gasteiger partial charge in [-0.1, -0.05) is 0 Å². The van der Waals surface area contributed by atoms with Gasteiger partial charge < -0.3 is 10.6 Å². The standard InChI is InChI=1S/C10H16BrN3O/c1-8(15)14-4-2-10(3-5-14)13-7-9(11)6-12/h6-7,10H,2-5,12H2,1H3/b9-6+,13-7?. The molecular formula is C10H16BrN3O. The number of aliphatic imine (C=N–C) groups is 1. The number of hydrogen-bond acceptors (Lipinski definition) is 3. The number of rotatable bonds is 2. The van der Waals surface area contributed by atoms with Crippen LogP contribution in [0, 0.1) is 0 Å². The van der Waals surface area contributed by atoms with Crippen molar-refractivity contribution >= 4 is 28.1 Å². The molecular weight excluding hydrogens is 258 g/mol. The number of piperidine rings is 1. The van der Waals surface area contributed by atoms with E-state index < -0.39 is 0 Å². The fraction of sp³-hybridized carbons (Fsp3) is 0.600. The average molecular weight is 274 g/mol. The van der Waals surface area contributed by atoms with E-state index in [4.69, 9.17) is 5.73 Å². The first-order chi connectivity index (χ1) is 7.13. The van der Waals surface area contributed by atoms with E-state index in [1.807, 2.05) is 4.90 Å². The molecule has 1 aliphatic rings. The zero-order valence-electron chi connectivity index (χ0n) is 8.82. The summed E-state index contributed by atoms with van der Waals surface area (Å²) in [5, 5.41) is 0. The fourth-order valence-corrected chi connectivity index (χ4v) is 1.67. The van der Waals surface area contributed by atoms with Crippen molar-refractivity contribution in [1.82, 2.24) is 4.90 Å². The van der Waals surface area contributed by atoms with Crippen LogP contribution in [0.5, 0.6) is 0 Å². The third-order valence-electron chi connectivity index (χ3n) is 2.48. The molecule has 0 aromatic heterocycles. The minimum absolute atomic E-state index is 0.153. The van der Waals surface area contributed by atoms with E-state index in [1.165, 1.54) is 6.20 Å². The van der Waals surface area contributed by atoms with E-state index in [0.717, 1.165) is 30.4 Å². The number of carbonyl (C=O) groups excluding carboxylic acids is 1. The first kappa shape index (κ1) is 12.2. The summed E-state index contributed by atoms with van der Waals surface area (Å²) in [5.74, 6) is 0.153. The Hall–Kier alpha value is -0.840. The lowest BCUT2D eigenvalue weighted by atomic mass is 10.1. The molecule has 0 atom stereocenters. The van der Waals surface area contributed by atoms with Crippen LogP contribution in [-0.4, -0.2) is 36.2 Å². The molecule has 1 saturated heterocycles. The van der Waals surface area contributed by atoms with Crippen molar-refractivity contribution < 1.29 is 4.79 Å². The number of halogens is 1. The highest BCUT2D eigenvalue weighted by Gasteiger charge is 2.19. The summed E-state index contributed by atoms with van der Waals surface area (Å²) in [4.78, 5) is 17.3. The zero-order chi connectivity index (χ0) is 11.3. The number of carbonyl (C=O) groups is 1. The van der Waals surface area contributed by atoms with Crippen molar-refractivity contribution in [3.05, 3.63) is 10.7 Å². The number of likely N-dealkylation sites (tertiary alicyclic amines) is 1. The van der Waals surface area contributed by atoms with Crippen molar-refractivity contribution in [3.8, 4) is 0 Å². The van der Waals surface area contributed by atoms with Crippen LogP contribution < -0.4 is 5.73 Å². The zero-order valence-corrected chi connectivity index (χ0v) is 10.4. The Balaban J connectivity index is 2.38. The van der Waals surface area contributed by atoms with Crippen molar-refractivity contribution in [3.63, 3.8) is 0 Å². The average Bonchev–Trinajstić information content (AvgIpc) is 2.26. The second kappa shape index (κ2) is 5.90. The highest BCUT2D eigenvalue weighted by molar-refractivity contribution is 9.12. The van der Waals surface area contributed by atoms with E-state index >= 15 is 0 Å².